The molecule has 0 amide bonds. The number of hydrogen-bond donors (Lipinski definition) is 0. The Balaban J connectivity index is 2.63. The lowest BCUT2D eigenvalue weighted by Gasteiger charge is -1.93. The van der Waals surface area contributed by atoms with Crippen molar-refractivity contribution in [1.29, 1.82) is 0 Å². The first kappa shape index (κ1) is 9.43. The smallest absolute Gasteiger partial charge is 0.211 e. The van der Waals surface area contributed by atoms with Crippen molar-refractivity contribution in [3.05, 3.63) is 41.5 Å². The molecule has 0 aliphatic rings. The zero-order chi connectivity index (χ0) is 9.52. The van der Waals surface area contributed by atoms with Crippen molar-refractivity contribution in [1.82, 2.24) is 0 Å². The highest BCUT2D eigenvalue weighted by molar-refractivity contribution is 5.50. The lowest BCUT2D eigenvalue weighted by Crippen LogP contribution is -1.75. The van der Waals surface area contributed by atoms with Gasteiger partial charge in [-0.1, -0.05) is 42.0 Å². The molecule has 0 N–H and O–H groups in total. The van der Waals surface area contributed by atoms with Crippen molar-refractivity contribution in [2.45, 2.75) is 6.92 Å². The number of isocyanates is 1. The Morgan fingerprint density at radius 3 is 3.08 bits per heavy atom. The molecule has 0 unspecified atom stereocenters. The Morgan fingerprint density at radius 1 is 1.54 bits per heavy atom. The summed E-state index contributed by atoms with van der Waals surface area (Å²) in [6.45, 7) is 2.44. The second-order valence-corrected chi connectivity index (χ2v) is 2.75. The molecule has 0 bridgehead atoms. The van der Waals surface area contributed by atoms with E-state index in [4.69, 9.17) is 0 Å². The second-order valence-electron chi connectivity index (χ2n) is 2.75. The zero-order valence-electron chi connectivity index (χ0n) is 7.53. The predicted molar refractivity (Wildman–Crippen MR) is 53.2 cm³/mol. The summed E-state index contributed by atoms with van der Waals surface area (Å²) in [5.41, 5.74) is 2.35. The molecule has 1 aromatic carbocycles. The van der Waals surface area contributed by atoms with Crippen LogP contribution in [-0.2, 0) is 4.79 Å². The van der Waals surface area contributed by atoms with Crippen LogP contribution in [-0.4, -0.2) is 12.6 Å². The molecule has 0 saturated heterocycles. The van der Waals surface area contributed by atoms with Gasteiger partial charge in [-0.15, -0.1) is 0 Å². The molecule has 0 heterocycles. The Hall–Kier alpha value is -1.66. The van der Waals surface area contributed by atoms with E-state index in [1.165, 1.54) is 11.6 Å². The number of aliphatic imine (C=N–C) groups is 1. The van der Waals surface area contributed by atoms with Gasteiger partial charge in [-0.25, -0.2) is 9.79 Å². The van der Waals surface area contributed by atoms with Gasteiger partial charge >= 0.3 is 0 Å². The van der Waals surface area contributed by atoms with Crippen LogP contribution in [0.2, 0.25) is 0 Å². The third kappa shape index (κ3) is 3.50. The molecular weight excluding hydrogens is 162 g/mol. The number of aryl methyl sites for hydroxylation is 1. The Bertz CT molecular complexity index is 349. The van der Waals surface area contributed by atoms with Crippen molar-refractivity contribution in [2.75, 3.05) is 6.54 Å². The number of nitrogens with zero attached hydrogens (tertiary/aromatic N) is 1. The van der Waals surface area contributed by atoms with Crippen LogP contribution in [0.4, 0.5) is 0 Å². The van der Waals surface area contributed by atoms with Crippen LogP contribution < -0.4 is 0 Å². The average Bonchev–Trinajstić information content (AvgIpc) is 2.13. The van der Waals surface area contributed by atoms with Crippen molar-refractivity contribution < 1.29 is 4.79 Å². The van der Waals surface area contributed by atoms with E-state index in [9.17, 15) is 4.79 Å². The van der Waals surface area contributed by atoms with E-state index in [1.54, 1.807) is 0 Å². The van der Waals surface area contributed by atoms with Crippen molar-refractivity contribution in [3.63, 3.8) is 0 Å². The molecule has 0 saturated carbocycles. The molecule has 0 aliphatic carbocycles. The average molecular weight is 173 g/mol. The van der Waals surface area contributed by atoms with Gasteiger partial charge in [-0.05, 0) is 12.5 Å². The fraction of sp³-hybridized carbons (Fsp3) is 0.182. The molecule has 0 fully saturated rings. The summed E-state index contributed by atoms with van der Waals surface area (Å²) in [7, 11) is 0. The summed E-state index contributed by atoms with van der Waals surface area (Å²) in [6.07, 6.45) is 5.26. The molecule has 0 aliphatic heterocycles. The second kappa shape index (κ2) is 5.07. The molecule has 1 aromatic rings. The van der Waals surface area contributed by atoms with Crippen molar-refractivity contribution in [2.24, 2.45) is 4.99 Å². The van der Waals surface area contributed by atoms with Gasteiger partial charge in [0.25, 0.3) is 0 Å². The van der Waals surface area contributed by atoms with Crippen LogP contribution in [0.1, 0.15) is 11.1 Å². The Kier molecular flexibility index (Phi) is 3.68. The van der Waals surface area contributed by atoms with Gasteiger partial charge in [-0.2, -0.15) is 0 Å². The number of rotatable bonds is 3. The van der Waals surface area contributed by atoms with Gasteiger partial charge in [-0.3, -0.25) is 0 Å². The van der Waals surface area contributed by atoms with Crippen LogP contribution in [0, 0.1) is 6.92 Å². The first-order valence-corrected chi connectivity index (χ1v) is 4.10. The number of benzene rings is 1. The highest BCUT2D eigenvalue weighted by Crippen LogP contribution is 2.05. The van der Waals surface area contributed by atoms with Gasteiger partial charge in [0.2, 0.25) is 6.08 Å². The largest absolute Gasteiger partial charge is 0.235 e. The van der Waals surface area contributed by atoms with E-state index in [-0.39, 0.29) is 0 Å². The fourth-order valence-electron chi connectivity index (χ4n) is 1.05. The minimum Gasteiger partial charge on any atom is -0.211 e. The molecular formula is C11H11NO. The molecule has 2 heteroatoms. The van der Waals surface area contributed by atoms with E-state index in [1.807, 2.05) is 37.3 Å². The highest BCUT2D eigenvalue weighted by atomic mass is 16.1. The fourth-order valence-corrected chi connectivity index (χ4v) is 1.05. The molecule has 13 heavy (non-hydrogen) atoms. The van der Waals surface area contributed by atoms with E-state index in [0.717, 1.165) is 5.56 Å². The molecule has 66 valence electrons. The topological polar surface area (TPSA) is 29.4 Å². The Morgan fingerprint density at radius 2 is 2.38 bits per heavy atom. The third-order valence-corrected chi connectivity index (χ3v) is 1.61. The molecule has 0 atom stereocenters. The van der Waals surface area contributed by atoms with Crippen LogP contribution >= 0.6 is 0 Å². The summed E-state index contributed by atoms with van der Waals surface area (Å²) in [5.74, 6) is 0. The van der Waals surface area contributed by atoms with Gasteiger partial charge in [0.1, 0.15) is 0 Å². The van der Waals surface area contributed by atoms with E-state index in [2.05, 4.69) is 11.1 Å². The van der Waals surface area contributed by atoms with Crippen LogP contribution in [0.3, 0.4) is 0 Å². The lowest BCUT2D eigenvalue weighted by atomic mass is 10.1. The zero-order valence-corrected chi connectivity index (χ0v) is 7.53. The minimum absolute atomic E-state index is 0.400. The van der Waals surface area contributed by atoms with Crippen molar-refractivity contribution >= 4 is 12.2 Å². The number of hydrogen-bond acceptors (Lipinski definition) is 2. The van der Waals surface area contributed by atoms with E-state index < -0.39 is 0 Å². The molecule has 2 nitrogen and oxygen atoms in total. The third-order valence-electron chi connectivity index (χ3n) is 1.61. The number of carbonyl (C=O) groups excluding carboxylic acids is 1. The summed E-state index contributed by atoms with van der Waals surface area (Å²) in [5, 5.41) is 0. The first-order valence-electron chi connectivity index (χ1n) is 4.10. The van der Waals surface area contributed by atoms with Crippen LogP contribution in [0.5, 0.6) is 0 Å². The monoisotopic (exact) mass is 173 g/mol. The lowest BCUT2D eigenvalue weighted by molar-refractivity contribution is 0.564. The maximum atomic E-state index is 9.74. The molecule has 0 radical (unpaired) electrons. The standard InChI is InChI=1S/C11H11NO/c1-10-4-2-5-11(8-10)6-3-7-12-9-13/h2-6,8H,7H2,1H3/b6-3-. The van der Waals surface area contributed by atoms with Crippen molar-refractivity contribution in [3.8, 4) is 0 Å². The van der Waals surface area contributed by atoms with Gasteiger partial charge in [0, 0.05) is 0 Å². The molecule has 0 aromatic heterocycles. The maximum Gasteiger partial charge on any atom is 0.235 e. The SMILES string of the molecule is Cc1cccc(/C=C\CN=C=O)c1. The normalized spacial score (nSPS) is 9.92. The van der Waals surface area contributed by atoms with Gasteiger partial charge in [0.15, 0.2) is 0 Å². The van der Waals surface area contributed by atoms with Gasteiger partial charge < -0.3 is 0 Å². The van der Waals surface area contributed by atoms with E-state index in [0.29, 0.717) is 6.54 Å². The quantitative estimate of drug-likeness (QED) is 0.509. The van der Waals surface area contributed by atoms with E-state index >= 15 is 0 Å². The van der Waals surface area contributed by atoms with Crippen LogP contribution in [0.25, 0.3) is 6.08 Å². The molecule has 0 spiro atoms. The summed E-state index contributed by atoms with van der Waals surface area (Å²) in [4.78, 5) is 13.2. The highest BCUT2D eigenvalue weighted by Gasteiger charge is 1.85. The van der Waals surface area contributed by atoms with Gasteiger partial charge in [0.05, 0.1) is 6.54 Å². The summed E-state index contributed by atoms with van der Waals surface area (Å²) < 4.78 is 0. The molecule has 1 rings (SSSR count). The summed E-state index contributed by atoms with van der Waals surface area (Å²) >= 11 is 0. The maximum absolute atomic E-state index is 9.74. The predicted octanol–water partition coefficient (Wildman–Crippen LogP) is 2.34. The summed E-state index contributed by atoms with van der Waals surface area (Å²) in [6, 6.07) is 8.12. The minimum atomic E-state index is 0.400. The van der Waals surface area contributed by atoms with Crippen LogP contribution in [0.15, 0.2) is 35.3 Å². The first-order chi connectivity index (χ1) is 6.33. The Labute approximate surface area is 77.6 Å².